The lowest BCUT2D eigenvalue weighted by molar-refractivity contribution is 0.649. The topological polar surface area (TPSA) is 36.1 Å². The molecular weight excluding hydrogens is 229 g/mol. The average Bonchev–Trinajstić information content (AvgIpc) is 1.89. The number of likely N-dealkylation sites (N-methyl/N-ethyl adjacent to an activating group) is 1. The molecule has 0 aliphatic rings. The molecule has 4 heteroatoms. The Hall–Kier alpha value is 0.610. The molecule has 0 amide bonds. The molecule has 0 saturated carbocycles. The minimum absolute atomic E-state index is 1.03. The van der Waals surface area contributed by atoms with Crippen LogP contribution >= 0.6 is 22.9 Å². The monoisotopic (exact) mass is 243 g/mol. The smallest absolute Gasteiger partial charge is 0.0175 e. The SMILES string of the molecule is CNCCNCCNI. The zero-order valence-corrected chi connectivity index (χ0v) is 7.86. The Morgan fingerprint density at radius 3 is 2.33 bits per heavy atom. The number of hydrogen-bond donors (Lipinski definition) is 3. The van der Waals surface area contributed by atoms with Crippen LogP contribution in [-0.2, 0) is 0 Å². The van der Waals surface area contributed by atoms with Crippen molar-refractivity contribution in [2.75, 3.05) is 33.2 Å². The minimum atomic E-state index is 1.03. The fourth-order valence-corrected chi connectivity index (χ4v) is 0.744. The number of rotatable bonds is 6. The summed E-state index contributed by atoms with van der Waals surface area (Å²) in [7, 11) is 1.96. The first kappa shape index (κ1) is 9.61. The first-order chi connectivity index (χ1) is 4.41. The van der Waals surface area contributed by atoms with Crippen LogP contribution in [0.2, 0.25) is 0 Å². The van der Waals surface area contributed by atoms with Crippen LogP contribution in [0.25, 0.3) is 0 Å². The lowest BCUT2D eigenvalue weighted by atomic mass is 10.6. The molecule has 0 spiro atoms. The highest BCUT2D eigenvalue weighted by atomic mass is 127. The molecule has 0 heterocycles. The third-order valence-corrected chi connectivity index (χ3v) is 1.49. The number of nitrogens with one attached hydrogen (secondary N) is 3. The van der Waals surface area contributed by atoms with Crippen molar-refractivity contribution in [1.82, 2.24) is 14.2 Å². The van der Waals surface area contributed by atoms with Gasteiger partial charge in [0, 0.05) is 49.0 Å². The van der Waals surface area contributed by atoms with Crippen LogP contribution in [0.15, 0.2) is 0 Å². The van der Waals surface area contributed by atoms with Gasteiger partial charge in [0.1, 0.15) is 0 Å². The van der Waals surface area contributed by atoms with E-state index in [0.717, 1.165) is 26.2 Å². The molecule has 0 bridgehead atoms. The molecule has 0 rings (SSSR count). The Labute approximate surface area is 70.5 Å². The Morgan fingerprint density at radius 1 is 1.11 bits per heavy atom. The summed E-state index contributed by atoms with van der Waals surface area (Å²) >= 11 is 2.14. The molecule has 0 fully saturated rings. The fourth-order valence-electron chi connectivity index (χ4n) is 0.474. The minimum Gasteiger partial charge on any atom is -0.318 e. The molecule has 0 aliphatic carbocycles. The summed E-state index contributed by atoms with van der Waals surface area (Å²) in [6.07, 6.45) is 0. The Kier molecular flexibility index (Phi) is 9.19. The normalized spacial score (nSPS) is 10.0. The lowest BCUT2D eigenvalue weighted by Crippen LogP contribution is -2.29. The zero-order valence-electron chi connectivity index (χ0n) is 5.71. The van der Waals surface area contributed by atoms with E-state index in [-0.39, 0.29) is 0 Å². The van der Waals surface area contributed by atoms with Crippen molar-refractivity contribution in [3.05, 3.63) is 0 Å². The molecule has 0 aromatic rings. The van der Waals surface area contributed by atoms with Crippen molar-refractivity contribution in [2.45, 2.75) is 0 Å². The van der Waals surface area contributed by atoms with Gasteiger partial charge in [-0.2, -0.15) is 0 Å². The molecule has 0 radical (unpaired) electrons. The molecule has 0 unspecified atom stereocenters. The van der Waals surface area contributed by atoms with E-state index < -0.39 is 0 Å². The Morgan fingerprint density at radius 2 is 1.78 bits per heavy atom. The molecule has 3 nitrogen and oxygen atoms in total. The van der Waals surface area contributed by atoms with Gasteiger partial charge in [-0.15, -0.1) is 0 Å². The highest BCUT2D eigenvalue weighted by molar-refractivity contribution is 14.1. The van der Waals surface area contributed by atoms with Gasteiger partial charge in [-0.25, -0.2) is 0 Å². The van der Waals surface area contributed by atoms with Gasteiger partial charge in [0.25, 0.3) is 0 Å². The highest BCUT2D eigenvalue weighted by Gasteiger charge is 1.82. The molecular formula is C5H14IN3. The standard InChI is InChI=1S/C5H14IN3/c1-7-2-3-8-4-5-9-6/h7-9H,2-5H2,1H3. The third-order valence-electron chi connectivity index (χ3n) is 0.948. The van der Waals surface area contributed by atoms with Crippen LogP contribution in [0, 0.1) is 0 Å². The van der Waals surface area contributed by atoms with Gasteiger partial charge in [-0.05, 0) is 7.05 Å². The van der Waals surface area contributed by atoms with Gasteiger partial charge in [0.05, 0.1) is 0 Å². The molecule has 0 aromatic heterocycles. The molecule has 9 heavy (non-hydrogen) atoms. The van der Waals surface area contributed by atoms with E-state index in [4.69, 9.17) is 0 Å². The average molecular weight is 243 g/mol. The van der Waals surface area contributed by atoms with Crippen molar-refractivity contribution in [1.29, 1.82) is 0 Å². The number of halogens is 1. The summed E-state index contributed by atoms with van der Waals surface area (Å²) in [6.45, 7) is 4.17. The molecule has 3 N–H and O–H groups in total. The molecule has 0 aromatic carbocycles. The maximum atomic E-state index is 3.26. The Balaban J connectivity index is 2.60. The highest BCUT2D eigenvalue weighted by Crippen LogP contribution is 1.65. The first-order valence-corrected chi connectivity index (χ1v) is 4.18. The van der Waals surface area contributed by atoms with E-state index in [9.17, 15) is 0 Å². The summed E-state index contributed by atoms with van der Waals surface area (Å²) in [5.41, 5.74) is 0. The second-order valence-electron chi connectivity index (χ2n) is 1.74. The van der Waals surface area contributed by atoms with Crippen LogP contribution in [0.3, 0.4) is 0 Å². The maximum absolute atomic E-state index is 3.26. The maximum Gasteiger partial charge on any atom is 0.0175 e. The van der Waals surface area contributed by atoms with Crippen LogP contribution in [0.5, 0.6) is 0 Å². The van der Waals surface area contributed by atoms with E-state index in [1.165, 1.54) is 0 Å². The van der Waals surface area contributed by atoms with Crippen molar-refractivity contribution in [3.8, 4) is 0 Å². The van der Waals surface area contributed by atoms with Gasteiger partial charge in [-0.1, -0.05) is 0 Å². The van der Waals surface area contributed by atoms with E-state index >= 15 is 0 Å². The van der Waals surface area contributed by atoms with E-state index in [2.05, 4.69) is 37.0 Å². The predicted octanol–water partition coefficient (Wildman–Crippen LogP) is -0.265. The third kappa shape index (κ3) is 8.61. The lowest BCUT2D eigenvalue weighted by Gasteiger charge is -2.01. The van der Waals surface area contributed by atoms with E-state index in [0.29, 0.717) is 0 Å². The predicted molar refractivity (Wildman–Crippen MR) is 48.8 cm³/mol. The van der Waals surface area contributed by atoms with Gasteiger partial charge < -0.3 is 10.6 Å². The molecule has 0 aliphatic heterocycles. The summed E-state index contributed by atoms with van der Waals surface area (Å²) < 4.78 is 3.03. The van der Waals surface area contributed by atoms with Gasteiger partial charge in [-0.3, -0.25) is 3.53 Å². The summed E-state index contributed by atoms with van der Waals surface area (Å²) in [4.78, 5) is 0. The zero-order chi connectivity index (χ0) is 6.95. The van der Waals surface area contributed by atoms with Gasteiger partial charge in [0.2, 0.25) is 0 Å². The quantitative estimate of drug-likeness (QED) is 0.341. The first-order valence-electron chi connectivity index (χ1n) is 3.10. The van der Waals surface area contributed by atoms with Crippen LogP contribution in [0.1, 0.15) is 0 Å². The molecule has 56 valence electrons. The molecule has 0 atom stereocenters. The molecule has 0 saturated heterocycles. The van der Waals surface area contributed by atoms with Gasteiger partial charge >= 0.3 is 0 Å². The summed E-state index contributed by atoms with van der Waals surface area (Å²) in [5, 5.41) is 6.32. The van der Waals surface area contributed by atoms with Crippen molar-refractivity contribution >= 4 is 22.9 Å². The van der Waals surface area contributed by atoms with Crippen LogP contribution in [-0.4, -0.2) is 33.2 Å². The van der Waals surface area contributed by atoms with Crippen molar-refractivity contribution in [2.24, 2.45) is 0 Å². The van der Waals surface area contributed by atoms with E-state index in [1.54, 1.807) is 0 Å². The largest absolute Gasteiger partial charge is 0.318 e. The van der Waals surface area contributed by atoms with Gasteiger partial charge in [0.15, 0.2) is 0 Å². The second-order valence-corrected chi connectivity index (χ2v) is 2.50. The van der Waals surface area contributed by atoms with Crippen molar-refractivity contribution in [3.63, 3.8) is 0 Å². The Bertz CT molecular complexity index is 45.5. The second kappa shape index (κ2) is 8.61. The summed E-state index contributed by atoms with van der Waals surface area (Å²) in [6, 6.07) is 0. The van der Waals surface area contributed by atoms with Crippen LogP contribution in [0.4, 0.5) is 0 Å². The van der Waals surface area contributed by atoms with Crippen LogP contribution < -0.4 is 14.2 Å². The summed E-state index contributed by atoms with van der Waals surface area (Å²) in [5.74, 6) is 0. The van der Waals surface area contributed by atoms with E-state index in [1.807, 2.05) is 7.05 Å². The fraction of sp³-hybridized carbons (Fsp3) is 1.00. The van der Waals surface area contributed by atoms with Crippen molar-refractivity contribution < 1.29 is 0 Å². The number of hydrogen-bond acceptors (Lipinski definition) is 3.